The quantitative estimate of drug-likeness (QED) is 0.445. The van der Waals surface area contributed by atoms with Crippen molar-refractivity contribution in [3.63, 3.8) is 0 Å². The largest absolute Gasteiger partial charge is 0.381 e. The minimum Gasteiger partial charge on any atom is -0.381 e. The van der Waals surface area contributed by atoms with E-state index in [2.05, 4.69) is 0 Å². The van der Waals surface area contributed by atoms with Crippen molar-refractivity contribution in [3.8, 4) is 0 Å². The van der Waals surface area contributed by atoms with Gasteiger partial charge in [-0.1, -0.05) is 58.5 Å². The lowest BCUT2D eigenvalue weighted by Gasteiger charge is -2.07. The first-order valence-corrected chi connectivity index (χ1v) is 9.03. The summed E-state index contributed by atoms with van der Waals surface area (Å²) in [4.78, 5) is 0. The molecule has 0 aliphatic rings. The molecule has 5 heteroatoms. The zero-order valence-corrected chi connectivity index (χ0v) is 15.7. The Bertz CT molecular complexity index is 587. The van der Waals surface area contributed by atoms with Gasteiger partial charge < -0.3 is 4.74 Å². The second kappa shape index (κ2) is 9.76. The van der Waals surface area contributed by atoms with E-state index in [1.807, 2.05) is 24.3 Å². The zero-order chi connectivity index (χ0) is 16.7. The van der Waals surface area contributed by atoms with E-state index in [1.165, 1.54) is 0 Å². The van der Waals surface area contributed by atoms with Crippen molar-refractivity contribution in [2.24, 2.45) is 0 Å². The average Bonchev–Trinajstić information content (AvgIpc) is 2.50. The highest BCUT2D eigenvalue weighted by atomic mass is 35.5. The van der Waals surface area contributed by atoms with Crippen molar-refractivity contribution in [2.45, 2.75) is 25.7 Å². The molecule has 0 aliphatic heterocycles. The minimum absolute atomic E-state index is 0.663. The van der Waals surface area contributed by atoms with Gasteiger partial charge in [-0.2, -0.15) is 0 Å². The topological polar surface area (TPSA) is 9.23 Å². The normalized spacial score (nSPS) is 11.0. The van der Waals surface area contributed by atoms with Gasteiger partial charge in [0.25, 0.3) is 0 Å². The molecule has 0 aromatic heterocycles. The highest BCUT2D eigenvalue weighted by Gasteiger charge is 2.03. The van der Waals surface area contributed by atoms with E-state index < -0.39 is 0 Å². The van der Waals surface area contributed by atoms with Crippen LogP contribution in [-0.2, 0) is 17.6 Å². The first-order valence-electron chi connectivity index (χ1n) is 7.52. The number of benzene rings is 2. The molecule has 0 heterocycles. The fraction of sp³-hybridized carbons (Fsp3) is 0.333. The van der Waals surface area contributed by atoms with Gasteiger partial charge in [-0.3, -0.25) is 0 Å². The Hall–Kier alpha value is -0.440. The summed E-state index contributed by atoms with van der Waals surface area (Å²) in [6.07, 6.45) is 3.64. The smallest absolute Gasteiger partial charge is 0.0469 e. The number of hydrogen-bond acceptors (Lipinski definition) is 1. The van der Waals surface area contributed by atoms with E-state index >= 15 is 0 Å². The Labute approximate surface area is 157 Å². The first kappa shape index (κ1) is 18.9. The summed E-state index contributed by atoms with van der Waals surface area (Å²) >= 11 is 24.0. The molecule has 0 aliphatic carbocycles. The monoisotopic (exact) mass is 390 g/mol. The molecule has 1 nitrogen and oxygen atoms in total. The summed E-state index contributed by atoms with van der Waals surface area (Å²) < 4.78 is 5.67. The van der Waals surface area contributed by atoms with Gasteiger partial charge in [-0.15, -0.1) is 0 Å². The van der Waals surface area contributed by atoms with Gasteiger partial charge in [0.05, 0.1) is 0 Å². The van der Waals surface area contributed by atoms with Crippen molar-refractivity contribution in [2.75, 3.05) is 13.2 Å². The Morgan fingerprint density at radius 2 is 1.09 bits per heavy atom. The van der Waals surface area contributed by atoms with Crippen LogP contribution in [0, 0.1) is 0 Å². The lowest BCUT2D eigenvalue weighted by molar-refractivity contribution is 0.130. The zero-order valence-electron chi connectivity index (χ0n) is 12.6. The van der Waals surface area contributed by atoms with Crippen LogP contribution in [0.2, 0.25) is 20.1 Å². The maximum absolute atomic E-state index is 6.14. The predicted molar refractivity (Wildman–Crippen MR) is 100 cm³/mol. The van der Waals surface area contributed by atoms with Crippen LogP contribution in [0.3, 0.4) is 0 Å². The molecule has 0 atom stereocenters. The van der Waals surface area contributed by atoms with E-state index in [4.69, 9.17) is 51.1 Å². The lowest BCUT2D eigenvalue weighted by Crippen LogP contribution is -2.00. The average molecular weight is 392 g/mol. The van der Waals surface area contributed by atoms with Crippen LogP contribution in [-0.4, -0.2) is 13.2 Å². The van der Waals surface area contributed by atoms with Crippen LogP contribution in [0.25, 0.3) is 0 Å². The van der Waals surface area contributed by atoms with Crippen LogP contribution in [0.1, 0.15) is 24.0 Å². The molecule has 2 rings (SSSR count). The van der Waals surface area contributed by atoms with Crippen LogP contribution in [0.5, 0.6) is 0 Å². The van der Waals surface area contributed by atoms with Gasteiger partial charge in [0.15, 0.2) is 0 Å². The van der Waals surface area contributed by atoms with E-state index in [1.54, 1.807) is 12.1 Å². The Morgan fingerprint density at radius 3 is 1.48 bits per heavy atom. The Balaban J connectivity index is 1.61. The van der Waals surface area contributed by atoms with Crippen LogP contribution < -0.4 is 0 Å². The molecule has 124 valence electrons. The fourth-order valence-corrected chi connectivity index (χ4v) is 3.29. The Morgan fingerprint density at radius 1 is 0.652 bits per heavy atom. The van der Waals surface area contributed by atoms with Crippen molar-refractivity contribution < 1.29 is 4.74 Å². The van der Waals surface area contributed by atoms with Crippen molar-refractivity contribution in [1.29, 1.82) is 0 Å². The van der Waals surface area contributed by atoms with Gasteiger partial charge >= 0.3 is 0 Å². The molecule has 0 saturated carbocycles. The first-order chi connectivity index (χ1) is 11.1. The summed E-state index contributed by atoms with van der Waals surface area (Å²) in [6.45, 7) is 1.43. The van der Waals surface area contributed by atoms with Gasteiger partial charge in [0.2, 0.25) is 0 Å². The summed E-state index contributed by atoms with van der Waals surface area (Å²) in [5.41, 5.74) is 2.21. The third kappa shape index (κ3) is 6.52. The molecule has 0 unspecified atom stereocenters. The number of halogens is 4. The van der Waals surface area contributed by atoms with E-state index in [0.29, 0.717) is 23.3 Å². The SMILES string of the molecule is Clc1ccc(CCCOCCCc2ccc(Cl)cc2Cl)c(Cl)c1. The van der Waals surface area contributed by atoms with E-state index in [0.717, 1.165) is 46.9 Å². The maximum Gasteiger partial charge on any atom is 0.0469 e. The number of ether oxygens (including phenoxy) is 1. The molecular weight excluding hydrogens is 374 g/mol. The minimum atomic E-state index is 0.663. The van der Waals surface area contributed by atoms with Gasteiger partial charge in [0.1, 0.15) is 0 Å². The second-order valence-corrected chi connectivity index (χ2v) is 6.98. The van der Waals surface area contributed by atoms with Crippen LogP contribution in [0.4, 0.5) is 0 Å². The molecule has 2 aromatic carbocycles. The van der Waals surface area contributed by atoms with Crippen molar-refractivity contribution in [3.05, 3.63) is 67.6 Å². The molecule has 0 fully saturated rings. The summed E-state index contributed by atoms with van der Waals surface area (Å²) in [7, 11) is 0. The van der Waals surface area contributed by atoms with Crippen molar-refractivity contribution in [1.82, 2.24) is 0 Å². The summed E-state index contributed by atoms with van der Waals surface area (Å²) in [5, 5.41) is 2.76. The fourth-order valence-electron chi connectivity index (χ4n) is 2.28. The van der Waals surface area contributed by atoms with Crippen LogP contribution in [0.15, 0.2) is 36.4 Å². The standard InChI is InChI=1S/C18H18Cl4O/c19-15-7-5-13(17(21)11-15)3-1-9-23-10-2-4-14-6-8-16(20)12-18(14)22/h5-8,11-12H,1-4,9-10H2. The number of aryl methyl sites for hydroxylation is 2. The third-order valence-electron chi connectivity index (χ3n) is 3.50. The molecule has 0 N–H and O–H groups in total. The molecule has 0 radical (unpaired) electrons. The molecule has 23 heavy (non-hydrogen) atoms. The third-order valence-corrected chi connectivity index (χ3v) is 4.67. The lowest BCUT2D eigenvalue weighted by atomic mass is 10.1. The molecular formula is C18H18Cl4O. The maximum atomic E-state index is 6.14. The van der Waals surface area contributed by atoms with E-state index in [9.17, 15) is 0 Å². The van der Waals surface area contributed by atoms with Gasteiger partial charge in [-0.25, -0.2) is 0 Å². The molecule has 0 bridgehead atoms. The molecule has 2 aromatic rings. The number of rotatable bonds is 8. The predicted octanol–water partition coefficient (Wildman–Crippen LogP) is 6.88. The molecule has 0 amide bonds. The van der Waals surface area contributed by atoms with Gasteiger partial charge in [0, 0.05) is 33.3 Å². The Kier molecular flexibility index (Phi) is 8.02. The molecule has 0 spiro atoms. The van der Waals surface area contributed by atoms with E-state index in [-0.39, 0.29) is 0 Å². The number of hydrogen-bond donors (Lipinski definition) is 0. The summed E-state index contributed by atoms with van der Waals surface area (Å²) in [5.74, 6) is 0. The van der Waals surface area contributed by atoms with Crippen LogP contribution >= 0.6 is 46.4 Å². The molecule has 0 saturated heterocycles. The highest BCUT2D eigenvalue weighted by molar-refractivity contribution is 6.35. The van der Waals surface area contributed by atoms with Crippen molar-refractivity contribution >= 4 is 46.4 Å². The second-order valence-electron chi connectivity index (χ2n) is 5.29. The summed E-state index contributed by atoms with van der Waals surface area (Å²) in [6, 6.07) is 11.2. The highest BCUT2D eigenvalue weighted by Crippen LogP contribution is 2.23. The van der Waals surface area contributed by atoms with Gasteiger partial charge in [-0.05, 0) is 61.1 Å².